The molecule has 2 aromatic carbocycles. The number of aromatic nitrogens is 2. The van der Waals surface area contributed by atoms with E-state index in [-0.39, 0.29) is 18.7 Å². The molecule has 3 aromatic rings. The maximum Gasteiger partial charge on any atom is 0.212 e. The van der Waals surface area contributed by atoms with Gasteiger partial charge in [-0.1, -0.05) is 18.2 Å². The first kappa shape index (κ1) is 19.5. The zero-order valence-corrected chi connectivity index (χ0v) is 15.0. The Kier molecular flexibility index (Phi) is 5.96. The van der Waals surface area contributed by atoms with Crippen molar-refractivity contribution in [2.45, 2.75) is 19.7 Å². The zero-order valence-electron chi connectivity index (χ0n) is 15.0. The van der Waals surface area contributed by atoms with Gasteiger partial charge in [0.15, 0.2) is 11.6 Å². The molecule has 0 unspecified atom stereocenters. The zero-order chi connectivity index (χ0) is 20.1. The van der Waals surface area contributed by atoms with Crippen LogP contribution in [-0.4, -0.2) is 16.8 Å². The van der Waals surface area contributed by atoms with Crippen molar-refractivity contribution in [2.24, 2.45) is 0 Å². The Labute approximate surface area is 160 Å². The van der Waals surface area contributed by atoms with Crippen LogP contribution < -0.4 is 10.1 Å². The molecule has 0 spiro atoms. The molecule has 0 aliphatic carbocycles. The van der Waals surface area contributed by atoms with Gasteiger partial charge in [-0.15, -0.1) is 0 Å². The summed E-state index contributed by atoms with van der Waals surface area (Å²) >= 11 is 0. The molecule has 0 saturated heterocycles. The van der Waals surface area contributed by atoms with Crippen LogP contribution in [-0.2, 0) is 19.7 Å². The van der Waals surface area contributed by atoms with Crippen LogP contribution in [0, 0.1) is 28.8 Å². The topological polar surface area (TPSA) is 62.9 Å². The van der Waals surface area contributed by atoms with E-state index < -0.39 is 17.5 Å². The van der Waals surface area contributed by atoms with Gasteiger partial charge >= 0.3 is 0 Å². The van der Waals surface area contributed by atoms with E-state index in [0.29, 0.717) is 29.7 Å². The van der Waals surface area contributed by atoms with E-state index in [9.17, 15) is 18.4 Å². The van der Waals surface area contributed by atoms with E-state index in [1.54, 1.807) is 36.0 Å². The summed E-state index contributed by atoms with van der Waals surface area (Å²) in [6, 6.07) is 12.1. The van der Waals surface area contributed by atoms with Crippen LogP contribution in [0.4, 0.5) is 13.2 Å². The van der Waals surface area contributed by atoms with Crippen molar-refractivity contribution in [3.8, 4) is 11.9 Å². The second-order valence-corrected chi connectivity index (χ2v) is 6.08. The smallest absolute Gasteiger partial charge is 0.212 e. The number of hydrogen-bond donors (Lipinski definition) is 1. The quantitative estimate of drug-likeness (QED) is 0.631. The predicted octanol–water partition coefficient (Wildman–Crippen LogP) is 3.52. The van der Waals surface area contributed by atoms with Crippen LogP contribution in [0.15, 0.2) is 42.5 Å². The van der Waals surface area contributed by atoms with Crippen LogP contribution in [0.25, 0.3) is 0 Å². The summed E-state index contributed by atoms with van der Waals surface area (Å²) in [7, 11) is 1.77. The molecule has 8 heteroatoms. The van der Waals surface area contributed by atoms with Crippen LogP contribution in [0.2, 0.25) is 0 Å². The van der Waals surface area contributed by atoms with E-state index in [1.807, 2.05) is 6.07 Å². The second-order valence-electron chi connectivity index (χ2n) is 6.08. The number of benzene rings is 2. The summed E-state index contributed by atoms with van der Waals surface area (Å²) in [6.45, 7) is 0.444. The Balaban J connectivity index is 1.86. The van der Waals surface area contributed by atoms with Gasteiger partial charge in [0.1, 0.15) is 12.4 Å². The summed E-state index contributed by atoms with van der Waals surface area (Å²) in [5, 5.41) is 16.7. The number of nitrogens with one attached hydrogen (secondary N) is 1. The predicted molar refractivity (Wildman–Crippen MR) is 95.9 cm³/mol. The van der Waals surface area contributed by atoms with E-state index >= 15 is 0 Å². The van der Waals surface area contributed by atoms with Gasteiger partial charge in [-0.2, -0.15) is 10.4 Å². The molecule has 0 aliphatic heterocycles. The molecule has 3 rings (SSSR count). The van der Waals surface area contributed by atoms with Crippen LogP contribution in [0.1, 0.15) is 22.4 Å². The molecule has 1 heterocycles. The summed E-state index contributed by atoms with van der Waals surface area (Å²) < 4.78 is 47.5. The van der Waals surface area contributed by atoms with E-state index in [4.69, 9.17) is 4.74 Å². The largest absolute Gasteiger partial charge is 0.473 e. The first-order chi connectivity index (χ1) is 13.5. The standard InChI is InChI=1S/C20H17F3N4O/c1-25-10-16-7-20(28-12-15-6-18(22)19(23)8-17(15)21)27(26-16)11-14-5-3-2-4-13(14)9-24/h2-8,25H,10-12H2,1H3. The van der Waals surface area contributed by atoms with Crippen LogP contribution in [0.3, 0.4) is 0 Å². The van der Waals surface area contributed by atoms with Crippen molar-refractivity contribution >= 4 is 0 Å². The Hall–Kier alpha value is -3.31. The summed E-state index contributed by atoms with van der Waals surface area (Å²) in [5.41, 5.74) is 1.82. The lowest BCUT2D eigenvalue weighted by Crippen LogP contribution is -2.10. The minimum atomic E-state index is -1.25. The van der Waals surface area contributed by atoms with Crippen molar-refractivity contribution in [2.75, 3.05) is 7.05 Å². The fourth-order valence-electron chi connectivity index (χ4n) is 2.70. The van der Waals surface area contributed by atoms with Gasteiger partial charge in [0.2, 0.25) is 5.88 Å². The molecular formula is C20H17F3N4O. The lowest BCUT2D eigenvalue weighted by Gasteiger charge is -2.11. The van der Waals surface area contributed by atoms with Gasteiger partial charge < -0.3 is 10.1 Å². The number of hydrogen-bond acceptors (Lipinski definition) is 4. The molecule has 0 atom stereocenters. The van der Waals surface area contributed by atoms with E-state index in [1.165, 1.54) is 0 Å². The molecule has 1 N–H and O–H groups in total. The van der Waals surface area contributed by atoms with Crippen molar-refractivity contribution in [1.29, 1.82) is 5.26 Å². The Bertz CT molecular complexity index is 1030. The first-order valence-corrected chi connectivity index (χ1v) is 8.47. The third kappa shape index (κ3) is 4.32. The average molecular weight is 386 g/mol. The lowest BCUT2D eigenvalue weighted by molar-refractivity contribution is 0.269. The summed E-state index contributed by atoms with van der Waals surface area (Å²) in [4.78, 5) is 0. The molecule has 0 amide bonds. The lowest BCUT2D eigenvalue weighted by atomic mass is 10.1. The molecule has 1 aromatic heterocycles. The minimum Gasteiger partial charge on any atom is -0.473 e. The van der Waals surface area contributed by atoms with E-state index in [0.717, 1.165) is 11.6 Å². The number of ether oxygens (including phenoxy) is 1. The molecule has 144 valence electrons. The summed E-state index contributed by atoms with van der Waals surface area (Å²) in [5.74, 6) is -2.97. The normalized spacial score (nSPS) is 10.7. The molecule has 0 fully saturated rings. The third-order valence-electron chi connectivity index (χ3n) is 4.07. The molecule has 28 heavy (non-hydrogen) atoms. The molecule has 0 bridgehead atoms. The van der Waals surface area contributed by atoms with Crippen molar-refractivity contribution < 1.29 is 17.9 Å². The highest BCUT2D eigenvalue weighted by Gasteiger charge is 2.14. The van der Waals surface area contributed by atoms with Gasteiger partial charge in [0, 0.05) is 24.2 Å². The van der Waals surface area contributed by atoms with Gasteiger partial charge in [0.25, 0.3) is 0 Å². The minimum absolute atomic E-state index is 0.112. The van der Waals surface area contributed by atoms with Crippen LogP contribution in [0.5, 0.6) is 5.88 Å². The Morgan fingerprint density at radius 2 is 1.82 bits per heavy atom. The molecule has 0 aliphatic rings. The fraction of sp³-hybridized carbons (Fsp3) is 0.200. The Morgan fingerprint density at radius 3 is 2.57 bits per heavy atom. The summed E-state index contributed by atoms with van der Waals surface area (Å²) in [6.07, 6.45) is 0. The fourth-order valence-corrected chi connectivity index (χ4v) is 2.70. The highest BCUT2D eigenvalue weighted by molar-refractivity contribution is 5.37. The molecule has 0 saturated carbocycles. The highest BCUT2D eigenvalue weighted by Crippen LogP contribution is 2.21. The average Bonchev–Trinajstić information content (AvgIpc) is 3.05. The maximum absolute atomic E-state index is 13.9. The van der Waals surface area contributed by atoms with Crippen molar-refractivity contribution in [3.05, 3.63) is 82.3 Å². The molecular weight excluding hydrogens is 369 g/mol. The Morgan fingerprint density at radius 1 is 1.07 bits per heavy atom. The number of nitriles is 1. The van der Waals surface area contributed by atoms with Gasteiger partial charge in [-0.25, -0.2) is 17.9 Å². The number of nitrogens with zero attached hydrogens (tertiary/aromatic N) is 3. The second kappa shape index (κ2) is 8.59. The van der Waals surface area contributed by atoms with Gasteiger partial charge in [-0.3, -0.25) is 0 Å². The molecule has 0 radical (unpaired) electrons. The van der Waals surface area contributed by atoms with Crippen molar-refractivity contribution in [3.63, 3.8) is 0 Å². The maximum atomic E-state index is 13.9. The number of halogens is 3. The third-order valence-corrected chi connectivity index (χ3v) is 4.07. The van der Waals surface area contributed by atoms with E-state index in [2.05, 4.69) is 16.5 Å². The van der Waals surface area contributed by atoms with Gasteiger partial charge in [0.05, 0.1) is 23.9 Å². The SMILES string of the molecule is CNCc1cc(OCc2cc(F)c(F)cc2F)n(Cc2ccccc2C#N)n1. The number of rotatable bonds is 7. The van der Waals surface area contributed by atoms with Crippen LogP contribution >= 0.6 is 0 Å². The first-order valence-electron chi connectivity index (χ1n) is 8.47. The monoisotopic (exact) mass is 386 g/mol. The van der Waals surface area contributed by atoms with Gasteiger partial charge in [-0.05, 0) is 24.7 Å². The highest BCUT2D eigenvalue weighted by atomic mass is 19.2. The molecule has 5 nitrogen and oxygen atoms in total. The van der Waals surface area contributed by atoms with Crippen molar-refractivity contribution in [1.82, 2.24) is 15.1 Å².